The molecular formula is C23H22FN3O. The predicted molar refractivity (Wildman–Crippen MR) is 106 cm³/mol. The number of piperidine rings is 1. The number of benzene rings is 2. The van der Waals surface area contributed by atoms with Crippen LogP contribution in [-0.2, 0) is 0 Å². The number of hydrogen-bond donors (Lipinski definition) is 0. The molecule has 142 valence electrons. The van der Waals surface area contributed by atoms with Crippen molar-refractivity contribution in [3.8, 4) is 11.4 Å². The van der Waals surface area contributed by atoms with Crippen LogP contribution in [-0.4, -0.2) is 33.9 Å². The van der Waals surface area contributed by atoms with E-state index in [-0.39, 0.29) is 11.8 Å². The summed E-state index contributed by atoms with van der Waals surface area (Å²) in [5.74, 6) is 0.336. The molecule has 2 heterocycles. The molecule has 1 aliphatic rings. The van der Waals surface area contributed by atoms with Gasteiger partial charge in [-0.3, -0.25) is 4.79 Å². The summed E-state index contributed by atoms with van der Waals surface area (Å²) in [5, 5.41) is 0. The van der Waals surface area contributed by atoms with Gasteiger partial charge in [-0.15, -0.1) is 0 Å². The van der Waals surface area contributed by atoms with Gasteiger partial charge < -0.3 is 4.90 Å². The number of carbonyl (C=O) groups is 1. The number of rotatable bonds is 3. The van der Waals surface area contributed by atoms with Crippen molar-refractivity contribution in [2.75, 3.05) is 13.1 Å². The third kappa shape index (κ3) is 3.93. The van der Waals surface area contributed by atoms with Crippen molar-refractivity contribution < 1.29 is 9.18 Å². The summed E-state index contributed by atoms with van der Waals surface area (Å²) in [5.41, 5.74) is 3.49. The third-order valence-electron chi connectivity index (χ3n) is 5.15. The second kappa shape index (κ2) is 7.89. The lowest BCUT2D eigenvalue weighted by atomic mass is 9.94. The van der Waals surface area contributed by atoms with Gasteiger partial charge in [-0.2, -0.15) is 0 Å². The zero-order valence-electron chi connectivity index (χ0n) is 15.8. The number of likely N-dealkylation sites (tertiary alicyclic amines) is 1. The van der Waals surface area contributed by atoms with Crippen LogP contribution < -0.4 is 0 Å². The Morgan fingerprint density at radius 3 is 2.82 bits per heavy atom. The summed E-state index contributed by atoms with van der Waals surface area (Å²) in [7, 11) is 0. The van der Waals surface area contributed by atoms with Crippen LogP contribution in [0.15, 0.2) is 60.8 Å². The Bertz CT molecular complexity index is 1000. The Labute approximate surface area is 164 Å². The van der Waals surface area contributed by atoms with Gasteiger partial charge in [-0.05, 0) is 50.1 Å². The van der Waals surface area contributed by atoms with Crippen LogP contribution in [0.1, 0.15) is 40.4 Å². The van der Waals surface area contributed by atoms with Crippen molar-refractivity contribution in [2.45, 2.75) is 25.7 Å². The number of carbonyl (C=O) groups excluding carboxylic acids is 1. The Morgan fingerprint density at radius 2 is 2.00 bits per heavy atom. The minimum absolute atomic E-state index is 0.128. The van der Waals surface area contributed by atoms with E-state index in [1.807, 2.05) is 31.2 Å². The standard InChI is InChI=1S/C23H22FN3O/c1-16-5-2-6-17(13-16)22-25-11-10-21(26-22)19-8-4-12-27(15-19)23(28)18-7-3-9-20(24)14-18/h2-3,5-7,9-11,13-14,19H,4,8,12,15H2,1H3/t19-/m0/s1. The number of aryl methyl sites for hydroxylation is 1. The van der Waals surface area contributed by atoms with E-state index in [0.717, 1.165) is 29.7 Å². The summed E-state index contributed by atoms with van der Waals surface area (Å²) >= 11 is 0. The van der Waals surface area contributed by atoms with E-state index >= 15 is 0 Å². The molecule has 0 bridgehead atoms. The number of halogens is 1. The molecule has 4 nitrogen and oxygen atoms in total. The highest BCUT2D eigenvalue weighted by atomic mass is 19.1. The lowest BCUT2D eigenvalue weighted by molar-refractivity contribution is 0.0705. The van der Waals surface area contributed by atoms with Gasteiger partial charge in [0.15, 0.2) is 5.82 Å². The smallest absolute Gasteiger partial charge is 0.253 e. The van der Waals surface area contributed by atoms with Gasteiger partial charge >= 0.3 is 0 Å². The van der Waals surface area contributed by atoms with Gasteiger partial charge in [0.25, 0.3) is 5.91 Å². The van der Waals surface area contributed by atoms with E-state index in [1.54, 1.807) is 23.2 Å². The van der Waals surface area contributed by atoms with Gasteiger partial charge in [0.05, 0.1) is 0 Å². The first-order valence-corrected chi connectivity index (χ1v) is 9.55. The van der Waals surface area contributed by atoms with Gasteiger partial charge in [-0.25, -0.2) is 14.4 Å². The SMILES string of the molecule is Cc1cccc(-c2nccc([C@H]3CCCN(C(=O)c4cccc(F)c4)C3)n2)c1. The molecule has 0 spiro atoms. The largest absolute Gasteiger partial charge is 0.338 e. The van der Waals surface area contributed by atoms with Crippen LogP contribution in [0.5, 0.6) is 0 Å². The number of nitrogens with zero attached hydrogens (tertiary/aromatic N) is 3. The molecule has 1 aliphatic heterocycles. The number of aromatic nitrogens is 2. The van der Waals surface area contributed by atoms with Crippen LogP contribution in [0.25, 0.3) is 11.4 Å². The fraction of sp³-hybridized carbons (Fsp3) is 0.261. The summed E-state index contributed by atoms with van der Waals surface area (Å²) in [6.45, 7) is 3.31. The molecule has 0 aliphatic carbocycles. The summed E-state index contributed by atoms with van der Waals surface area (Å²) in [6.07, 6.45) is 3.65. The molecule has 0 unspecified atom stereocenters. The molecule has 1 atom stereocenters. The van der Waals surface area contributed by atoms with Crippen molar-refractivity contribution >= 4 is 5.91 Å². The molecule has 1 saturated heterocycles. The first-order chi connectivity index (χ1) is 13.6. The minimum Gasteiger partial charge on any atom is -0.338 e. The maximum Gasteiger partial charge on any atom is 0.253 e. The Balaban J connectivity index is 1.55. The highest BCUT2D eigenvalue weighted by Gasteiger charge is 2.26. The van der Waals surface area contributed by atoms with Crippen LogP contribution in [0, 0.1) is 12.7 Å². The molecule has 3 aromatic rings. The first-order valence-electron chi connectivity index (χ1n) is 9.55. The lowest BCUT2D eigenvalue weighted by Gasteiger charge is -2.32. The molecule has 0 radical (unpaired) electrons. The van der Waals surface area contributed by atoms with E-state index < -0.39 is 5.82 Å². The van der Waals surface area contributed by atoms with E-state index in [2.05, 4.69) is 11.1 Å². The zero-order valence-corrected chi connectivity index (χ0v) is 15.8. The van der Waals surface area contributed by atoms with Crippen molar-refractivity contribution in [1.29, 1.82) is 0 Å². The predicted octanol–water partition coefficient (Wildman–Crippen LogP) is 4.61. The van der Waals surface area contributed by atoms with Gasteiger partial charge in [-0.1, -0.05) is 29.8 Å². The number of amides is 1. The Hall–Kier alpha value is -3.08. The summed E-state index contributed by atoms with van der Waals surface area (Å²) < 4.78 is 13.5. The van der Waals surface area contributed by atoms with Crippen LogP contribution >= 0.6 is 0 Å². The maximum atomic E-state index is 13.5. The molecule has 5 heteroatoms. The quantitative estimate of drug-likeness (QED) is 0.671. The Morgan fingerprint density at radius 1 is 1.14 bits per heavy atom. The fourth-order valence-corrected chi connectivity index (χ4v) is 3.73. The van der Waals surface area contributed by atoms with Crippen molar-refractivity contribution in [2.24, 2.45) is 0 Å². The normalized spacial score (nSPS) is 16.8. The average Bonchev–Trinajstić information content (AvgIpc) is 2.73. The second-order valence-corrected chi connectivity index (χ2v) is 7.28. The molecule has 28 heavy (non-hydrogen) atoms. The molecular weight excluding hydrogens is 353 g/mol. The average molecular weight is 375 g/mol. The highest BCUT2D eigenvalue weighted by molar-refractivity contribution is 5.94. The van der Waals surface area contributed by atoms with E-state index in [9.17, 15) is 9.18 Å². The molecule has 0 N–H and O–H groups in total. The summed E-state index contributed by atoms with van der Waals surface area (Å²) in [4.78, 5) is 23.8. The second-order valence-electron chi connectivity index (χ2n) is 7.28. The summed E-state index contributed by atoms with van der Waals surface area (Å²) in [6, 6.07) is 15.9. The molecule has 1 amide bonds. The van der Waals surface area contributed by atoms with Gasteiger partial charge in [0, 0.05) is 42.0 Å². The lowest BCUT2D eigenvalue weighted by Crippen LogP contribution is -2.39. The van der Waals surface area contributed by atoms with Crippen LogP contribution in [0.2, 0.25) is 0 Å². The van der Waals surface area contributed by atoms with Gasteiger partial charge in [0.1, 0.15) is 5.82 Å². The topological polar surface area (TPSA) is 46.1 Å². The molecule has 0 saturated carbocycles. The fourth-order valence-electron chi connectivity index (χ4n) is 3.73. The highest BCUT2D eigenvalue weighted by Crippen LogP contribution is 2.28. The molecule has 2 aromatic carbocycles. The first kappa shape index (κ1) is 18.3. The molecule has 4 rings (SSSR count). The van der Waals surface area contributed by atoms with Crippen molar-refractivity contribution in [3.63, 3.8) is 0 Å². The van der Waals surface area contributed by atoms with Crippen LogP contribution in [0.4, 0.5) is 4.39 Å². The van der Waals surface area contributed by atoms with Crippen molar-refractivity contribution in [1.82, 2.24) is 14.9 Å². The van der Waals surface area contributed by atoms with Crippen LogP contribution in [0.3, 0.4) is 0 Å². The van der Waals surface area contributed by atoms with E-state index in [0.29, 0.717) is 24.5 Å². The third-order valence-corrected chi connectivity index (χ3v) is 5.15. The van der Waals surface area contributed by atoms with Gasteiger partial charge in [0.2, 0.25) is 0 Å². The van der Waals surface area contributed by atoms with Crippen molar-refractivity contribution in [3.05, 3.63) is 83.4 Å². The monoisotopic (exact) mass is 375 g/mol. The van der Waals surface area contributed by atoms with E-state index in [1.165, 1.54) is 12.1 Å². The molecule has 1 fully saturated rings. The maximum absolute atomic E-state index is 13.5. The number of hydrogen-bond acceptors (Lipinski definition) is 3. The Kier molecular flexibility index (Phi) is 5.15. The van der Waals surface area contributed by atoms with E-state index in [4.69, 9.17) is 4.98 Å². The molecule has 1 aromatic heterocycles. The zero-order chi connectivity index (χ0) is 19.5. The minimum atomic E-state index is -0.391.